The molecule has 0 aliphatic carbocycles. The summed E-state index contributed by atoms with van der Waals surface area (Å²) >= 11 is 0. The van der Waals surface area contributed by atoms with Gasteiger partial charge in [-0.25, -0.2) is 0 Å². The molecule has 19 heavy (non-hydrogen) atoms. The van der Waals surface area contributed by atoms with Gasteiger partial charge in [-0.1, -0.05) is 36.8 Å². The van der Waals surface area contributed by atoms with Gasteiger partial charge in [-0.15, -0.1) is 0 Å². The van der Waals surface area contributed by atoms with Gasteiger partial charge >= 0.3 is 0 Å². The Morgan fingerprint density at radius 3 is 2.42 bits per heavy atom. The lowest BCUT2D eigenvalue weighted by molar-refractivity contribution is 0.221. The van der Waals surface area contributed by atoms with Gasteiger partial charge in [0.15, 0.2) is 0 Å². The molecule has 0 radical (unpaired) electrons. The normalized spacial score (nSPS) is 16.7. The molecule has 0 amide bonds. The highest BCUT2D eigenvalue weighted by atomic mass is 16.5. The molecule has 2 heteroatoms. The lowest BCUT2D eigenvalue weighted by Crippen LogP contribution is -2.29. The van der Waals surface area contributed by atoms with Crippen LogP contribution in [0, 0.1) is 0 Å². The number of piperidine rings is 1. The van der Waals surface area contributed by atoms with Crippen LogP contribution in [-0.2, 0) is 6.54 Å². The number of hydrogen-bond donors (Lipinski definition) is 0. The second kappa shape index (κ2) is 5.62. The SMILES string of the molecule is COc1ccc(CN2CCCCC2)c2ccccc12. The molecule has 2 aromatic rings. The van der Waals surface area contributed by atoms with Crippen molar-refractivity contribution < 1.29 is 4.74 Å². The Morgan fingerprint density at radius 1 is 0.947 bits per heavy atom. The van der Waals surface area contributed by atoms with E-state index in [0.717, 1.165) is 12.3 Å². The van der Waals surface area contributed by atoms with E-state index in [1.807, 2.05) is 0 Å². The van der Waals surface area contributed by atoms with E-state index in [4.69, 9.17) is 4.74 Å². The van der Waals surface area contributed by atoms with Gasteiger partial charge in [-0.3, -0.25) is 4.90 Å². The Labute approximate surface area is 115 Å². The first-order valence-corrected chi connectivity index (χ1v) is 7.15. The maximum absolute atomic E-state index is 5.46. The topological polar surface area (TPSA) is 12.5 Å². The molecule has 100 valence electrons. The standard InChI is InChI=1S/C17H21NO/c1-19-17-10-9-14(13-18-11-5-2-6-12-18)15-7-3-4-8-16(15)17/h3-4,7-10H,2,5-6,11-13H2,1H3. The molecule has 0 aromatic heterocycles. The average Bonchev–Trinajstić information content (AvgIpc) is 2.49. The molecular weight excluding hydrogens is 234 g/mol. The molecule has 1 aliphatic heterocycles. The number of fused-ring (bicyclic) bond motifs is 1. The number of rotatable bonds is 3. The quantitative estimate of drug-likeness (QED) is 0.826. The van der Waals surface area contributed by atoms with Gasteiger partial charge in [0, 0.05) is 11.9 Å². The predicted molar refractivity (Wildman–Crippen MR) is 79.6 cm³/mol. The highest BCUT2D eigenvalue weighted by Gasteiger charge is 2.13. The molecule has 0 saturated carbocycles. The van der Waals surface area contributed by atoms with Crippen molar-refractivity contribution in [3.8, 4) is 5.75 Å². The molecule has 1 fully saturated rings. The number of methoxy groups -OCH3 is 1. The molecule has 0 N–H and O–H groups in total. The van der Waals surface area contributed by atoms with Crippen LogP contribution in [0.25, 0.3) is 10.8 Å². The van der Waals surface area contributed by atoms with Crippen LogP contribution in [0.4, 0.5) is 0 Å². The van der Waals surface area contributed by atoms with Crippen LogP contribution in [0.2, 0.25) is 0 Å². The van der Waals surface area contributed by atoms with E-state index in [1.165, 1.54) is 48.7 Å². The number of nitrogens with zero attached hydrogens (tertiary/aromatic N) is 1. The molecule has 1 aliphatic rings. The van der Waals surface area contributed by atoms with Gasteiger partial charge < -0.3 is 4.74 Å². The molecule has 1 heterocycles. The van der Waals surface area contributed by atoms with Crippen LogP contribution < -0.4 is 4.74 Å². The molecule has 3 rings (SSSR count). The highest BCUT2D eigenvalue weighted by molar-refractivity contribution is 5.91. The van der Waals surface area contributed by atoms with Gasteiger partial charge in [0.05, 0.1) is 7.11 Å². The minimum Gasteiger partial charge on any atom is -0.496 e. The molecule has 2 aromatic carbocycles. The lowest BCUT2D eigenvalue weighted by Gasteiger charge is -2.27. The van der Waals surface area contributed by atoms with Crippen LogP contribution in [0.5, 0.6) is 5.75 Å². The van der Waals surface area contributed by atoms with Crippen LogP contribution in [0.1, 0.15) is 24.8 Å². The Balaban J connectivity index is 1.94. The summed E-state index contributed by atoms with van der Waals surface area (Å²) in [5.41, 5.74) is 1.42. The average molecular weight is 255 g/mol. The van der Waals surface area contributed by atoms with Crippen LogP contribution in [0.3, 0.4) is 0 Å². The summed E-state index contributed by atoms with van der Waals surface area (Å²) in [6.45, 7) is 3.53. The molecule has 0 spiro atoms. The zero-order valence-electron chi connectivity index (χ0n) is 11.6. The second-order valence-electron chi connectivity index (χ2n) is 5.31. The van der Waals surface area contributed by atoms with Crippen LogP contribution in [0.15, 0.2) is 36.4 Å². The molecule has 0 atom stereocenters. The fourth-order valence-electron chi connectivity index (χ4n) is 3.01. The summed E-state index contributed by atoms with van der Waals surface area (Å²) in [6, 6.07) is 12.9. The van der Waals surface area contributed by atoms with Crippen molar-refractivity contribution in [2.75, 3.05) is 20.2 Å². The van der Waals surface area contributed by atoms with E-state index >= 15 is 0 Å². The summed E-state index contributed by atoms with van der Waals surface area (Å²) in [7, 11) is 1.74. The van der Waals surface area contributed by atoms with E-state index < -0.39 is 0 Å². The molecule has 0 bridgehead atoms. The Hall–Kier alpha value is -1.54. The minimum atomic E-state index is 0.970. The first kappa shape index (κ1) is 12.5. The summed E-state index contributed by atoms with van der Waals surface area (Å²) in [5, 5.41) is 2.55. The van der Waals surface area contributed by atoms with Crippen molar-refractivity contribution >= 4 is 10.8 Å². The summed E-state index contributed by atoms with van der Waals surface area (Å²) < 4.78 is 5.46. The van der Waals surface area contributed by atoms with Gasteiger partial charge in [0.2, 0.25) is 0 Å². The number of ether oxygens (including phenoxy) is 1. The number of likely N-dealkylation sites (tertiary alicyclic amines) is 1. The van der Waals surface area contributed by atoms with Crippen LogP contribution in [-0.4, -0.2) is 25.1 Å². The molecular formula is C17H21NO. The zero-order chi connectivity index (χ0) is 13.1. The largest absolute Gasteiger partial charge is 0.496 e. The lowest BCUT2D eigenvalue weighted by atomic mass is 10.0. The van der Waals surface area contributed by atoms with Gasteiger partial charge in [0.1, 0.15) is 5.75 Å². The third-order valence-corrected chi connectivity index (χ3v) is 4.04. The number of benzene rings is 2. The smallest absolute Gasteiger partial charge is 0.126 e. The van der Waals surface area contributed by atoms with Crippen molar-refractivity contribution in [2.45, 2.75) is 25.8 Å². The summed E-state index contributed by atoms with van der Waals surface area (Å²) in [5.74, 6) is 0.970. The van der Waals surface area contributed by atoms with E-state index in [2.05, 4.69) is 41.3 Å². The Bertz CT molecular complexity index is 558. The van der Waals surface area contributed by atoms with Crippen molar-refractivity contribution in [3.63, 3.8) is 0 Å². The monoisotopic (exact) mass is 255 g/mol. The van der Waals surface area contributed by atoms with Gasteiger partial charge in [0.25, 0.3) is 0 Å². The van der Waals surface area contributed by atoms with E-state index in [1.54, 1.807) is 7.11 Å². The van der Waals surface area contributed by atoms with Crippen LogP contribution >= 0.6 is 0 Å². The van der Waals surface area contributed by atoms with E-state index in [-0.39, 0.29) is 0 Å². The van der Waals surface area contributed by atoms with Gasteiger partial charge in [-0.05, 0) is 42.9 Å². The zero-order valence-corrected chi connectivity index (χ0v) is 11.6. The fourth-order valence-corrected chi connectivity index (χ4v) is 3.01. The third kappa shape index (κ3) is 2.59. The van der Waals surface area contributed by atoms with Crippen molar-refractivity contribution in [3.05, 3.63) is 42.0 Å². The third-order valence-electron chi connectivity index (χ3n) is 4.04. The Kier molecular flexibility index (Phi) is 3.69. The second-order valence-corrected chi connectivity index (χ2v) is 5.31. The first-order chi connectivity index (χ1) is 9.38. The van der Waals surface area contributed by atoms with E-state index in [9.17, 15) is 0 Å². The first-order valence-electron chi connectivity index (χ1n) is 7.15. The Morgan fingerprint density at radius 2 is 1.68 bits per heavy atom. The predicted octanol–water partition coefficient (Wildman–Crippen LogP) is 3.83. The highest BCUT2D eigenvalue weighted by Crippen LogP contribution is 2.29. The number of hydrogen-bond acceptors (Lipinski definition) is 2. The fraction of sp³-hybridized carbons (Fsp3) is 0.412. The summed E-state index contributed by atoms with van der Waals surface area (Å²) in [6.07, 6.45) is 4.07. The molecule has 1 saturated heterocycles. The van der Waals surface area contributed by atoms with Crippen molar-refractivity contribution in [1.82, 2.24) is 4.90 Å². The van der Waals surface area contributed by atoms with Crippen molar-refractivity contribution in [1.29, 1.82) is 0 Å². The van der Waals surface area contributed by atoms with Crippen molar-refractivity contribution in [2.24, 2.45) is 0 Å². The maximum Gasteiger partial charge on any atom is 0.126 e. The molecule has 0 unspecified atom stereocenters. The summed E-state index contributed by atoms with van der Waals surface area (Å²) in [4.78, 5) is 2.57. The maximum atomic E-state index is 5.46. The molecule has 2 nitrogen and oxygen atoms in total. The van der Waals surface area contributed by atoms with Gasteiger partial charge in [-0.2, -0.15) is 0 Å². The minimum absolute atomic E-state index is 0.970. The van der Waals surface area contributed by atoms with E-state index in [0.29, 0.717) is 0 Å².